The van der Waals surface area contributed by atoms with E-state index in [9.17, 15) is 14.0 Å². The van der Waals surface area contributed by atoms with Gasteiger partial charge in [0.25, 0.3) is 5.91 Å². The number of urea groups is 1. The van der Waals surface area contributed by atoms with Gasteiger partial charge in [0.1, 0.15) is 5.82 Å². The number of amides is 3. The molecule has 8 nitrogen and oxygen atoms in total. The second-order valence-corrected chi connectivity index (χ2v) is 7.38. The molecular formula is C22H23FN6O2. The Morgan fingerprint density at radius 3 is 2.52 bits per heavy atom. The summed E-state index contributed by atoms with van der Waals surface area (Å²) in [4.78, 5) is 30.4. The zero-order valence-corrected chi connectivity index (χ0v) is 16.9. The van der Waals surface area contributed by atoms with Gasteiger partial charge >= 0.3 is 6.03 Å². The van der Waals surface area contributed by atoms with E-state index in [1.165, 1.54) is 12.1 Å². The first-order valence-electron chi connectivity index (χ1n) is 10.2. The minimum atomic E-state index is -0.666. The van der Waals surface area contributed by atoms with Gasteiger partial charge in [-0.1, -0.05) is 0 Å². The number of rotatable bonds is 5. The van der Waals surface area contributed by atoms with Gasteiger partial charge in [-0.3, -0.25) is 14.5 Å². The van der Waals surface area contributed by atoms with E-state index in [1.807, 2.05) is 12.1 Å². The fourth-order valence-corrected chi connectivity index (χ4v) is 3.43. The van der Waals surface area contributed by atoms with E-state index in [0.717, 1.165) is 30.9 Å². The number of piperidine rings is 1. The maximum atomic E-state index is 14.5. The lowest BCUT2D eigenvalue weighted by Crippen LogP contribution is -2.38. The van der Waals surface area contributed by atoms with Crippen LogP contribution in [-0.2, 0) is 6.54 Å². The number of carbonyl (C=O) groups excluding carboxylic acids is 2. The van der Waals surface area contributed by atoms with Crippen molar-refractivity contribution in [3.8, 4) is 0 Å². The maximum Gasteiger partial charge on any atom is 0.321 e. The van der Waals surface area contributed by atoms with Crippen LogP contribution in [0, 0.1) is 5.82 Å². The molecule has 1 aromatic carbocycles. The van der Waals surface area contributed by atoms with Gasteiger partial charge in [-0.15, -0.1) is 0 Å². The summed E-state index contributed by atoms with van der Waals surface area (Å²) in [6.07, 6.45) is 8.16. The topological polar surface area (TPSA) is 92.1 Å². The van der Waals surface area contributed by atoms with E-state index in [4.69, 9.17) is 0 Å². The van der Waals surface area contributed by atoms with Gasteiger partial charge in [-0.25, -0.2) is 9.18 Å². The maximum absolute atomic E-state index is 14.5. The second kappa shape index (κ2) is 9.38. The molecule has 2 N–H and O–H groups in total. The number of anilines is 2. The number of hydrogen-bond donors (Lipinski definition) is 2. The molecule has 0 radical (unpaired) electrons. The Morgan fingerprint density at radius 1 is 1.00 bits per heavy atom. The number of nitrogens with one attached hydrogen (secondary N) is 2. The third kappa shape index (κ3) is 5.25. The largest absolute Gasteiger partial charge is 0.325 e. The fourth-order valence-electron chi connectivity index (χ4n) is 3.43. The van der Waals surface area contributed by atoms with Crippen molar-refractivity contribution in [1.82, 2.24) is 19.7 Å². The lowest BCUT2D eigenvalue weighted by Gasteiger charge is -2.26. The molecule has 4 rings (SSSR count). The molecule has 0 aliphatic carbocycles. The van der Waals surface area contributed by atoms with E-state index in [-0.39, 0.29) is 17.3 Å². The molecule has 0 spiro atoms. The van der Waals surface area contributed by atoms with Crippen LogP contribution in [0.2, 0.25) is 0 Å². The summed E-state index contributed by atoms with van der Waals surface area (Å²) >= 11 is 0. The first kappa shape index (κ1) is 20.5. The molecule has 31 heavy (non-hydrogen) atoms. The number of hydrogen-bond acceptors (Lipinski definition) is 4. The Balaban J connectivity index is 1.36. The molecule has 0 unspecified atom stereocenters. The van der Waals surface area contributed by atoms with Crippen LogP contribution < -0.4 is 10.6 Å². The average molecular weight is 422 g/mol. The predicted molar refractivity (Wildman–Crippen MR) is 114 cm³/mol. The lowest BCUT2D eigenvalue weighted by molar-refractivity contribution is 0.102. The van der Waals surface area contributed by atoms with Crippen molar-refractivity contribution in [3.63, 3.8) is 0 Å². The van der Waals surface area contributed by atoms with E-state index in [0.29, 0.717) is 25.5 Å². The minimum absolute atomic E-state index is 0.0498. The Labute approximate surface area is 179 Å². The number of likely N-dealkylation sites (tertiary alicyclic amines) is 1. The van der Waals surface area contributed by atoms with Crippen LogP contribution in [0.5, 0.6) is 0 Å². The Morgan fingerprint density at radius 2 is 1.77 bits per heavy atom. The van der Waals surface area contributed by atoms with Crippen molar-refractivity contribution < 1.29 is 14.0 Å². The smallest absolute Gasteiger partial charge is 0.321 e. The van der Waals surface area contributed by atoms with Crippen LogP contribution in [0.3, 0.4) is 0 Å². The van der Waals surface area contributed by atoms with Crippen molar-refractivity contribution in [3.05, 3.63) is 71.9 Å². The molecule has 3 heterocycles. The zero-order valence-electron chi connectivity index (χ0n) is 16.9. The fraction of sp³-hybridized carbons (Fsp3) is 0.273. The molecule has 3 aromatic rings. The predicted octanol–water partition coefficient (Wildman–Crippen LogP) is 3.74. The van der Waals surface area contributed by atoms with Gasteiger partial charge in [-0.05, 0) is 55.2 Å². The van der Waals surface area contributed by atoms with Crippen molar-refractivity contribution in [1.29, 1.82) is 0 Å². The SMILES string of the molecule is O=C(Nc1ccn(Cc2ccncc2)n1)c1ccc(NC(=O)N2CCCCC2)c(F)c1. The molecule has 0 atom stereocenters. The zero-order chi connectivity index (χ0) is 21.6. The molecule has 3 amide bonds. The molecule has 1 fully saturated rings. The summed E-state index contributed by atoms with van der Waals surface area (Å²) in [5.41, 5.74) is 1.21. The minimum Gasteiger partial charge on any atom is -0.325 e. The van der Waals surface area contributed by atoms with E-state index in [2.05, 4.69) is 20.7 Å². The quantitative estimate of drug-likeness (QED) is 0.655. The van der Waals surface area contributed by atoms with Crippen molar-refractivity contribution >= 4 is 23.4 Å². The molecule has 1 aliphatic rings. The molecular weight excluding hydrogens is 399 g/mol. The normalized spacial score (nSPS) is 13.6. The summed E-state index contributed by atoms with van der Waals surface area (Å²) in [7, 11) is 0. The van der Waals surface area contributed by atoms with E-state index in [1.54, 1.807) is 34.2 Å². The molecule has 0 bridgehead atoms. The summed E-state index contributed by atoms with van der Waals surface area (Å²) in [5.74, 6) is -0.787. The van der Waals surface area contributed by atoms with Crippen molar-refractivity contribution in [2.75, 3.05) is 23.7 Å². The van der Waals surface area contributed by atoms with Gasteiger partial charge in [0.05, 0.1) is 12.2 Å². The Hall–Kier alpha value is -3.75. The third-order valence-electron chi connectivity index (χ3n) is 5.09. The molecule has 0 saturated carbocycles. The van der Waals surface area contributed by atoms with Crippen LogP contribution in [0.25, 0.3) is 0 Å². The molecule has 1 aliphatic heterocycles. The standard InChI is InChI=1S/C22H23FN6O2/c23-18-14-17(4-5-19(18)25-22(31)28-11-2-1-3-12-28)21(30)26-20-8-13-29(27-20)15-16-6-9-24-10-7-16/h4-10,13-14H,1-3,11-12,15H2,(H,25,31)(H,26,27,30). The number of aromatic nitrogens is 3. The number of nitrogens with zero attached hydrogens (tertiary/aromatic N) is 4. The first-order chi connectivity index (χ1) is 15.1. The van der Waals surface area contributed by atoms with E-state index < -0.39 is 11.7 Å². The van der Waals surface area contributed by atoms with Gasteiger partial charge in [0.2, 0.25) is 0 Å². The highest BCUT2D eigenvalue weighted by atomic mass is 19.1. The van der Waals surface area contributed by atoms with Gasteiger partial charge in [0.15, 0.2) is 5.82 Å². The van der Waals surface area contributed by atoms with Gasteiger partial charge < -0.3 is 15.5 Å². The summed E-state index contributed by atoms with van der Waals surface area (Å²) in [5, 5.41) is 9.55. The van der Waals surface area contributed by atoms with Crippen LogP contribution in [-0.4, -0.2) is 44.7 Å². The van der Waals surface area contributed by atoms with Crippen molar-refractivity contribution in [2.24, 2.45) is 0 Å². The number of halogens is 1. The Kier molecular flexibility index (Phi) is 6.21. The third-order valence-corrected chi connectivity index (χ3v) is 5.09. The van der Waals surface area contributed by atoms with Crippen LogP contribution in [0.4, 0.5) is 20.7 Å². The Bertz CT molecular complexity index is 1060. The summed E-state index contributed by atoms with van der Waals surface area (Å²) in [6.45, 7) is 1.88. The molecule has 160 valence electrons. The molecule has 2 aromatic heterocycles. The van der Waals surface area contributed by atoms with Crippen molar-refractivity contribution in [2.45, 2.75) is 25.8 Å². The van der Waals surface area contributed by atoms with Crippen LogP contribution >= 0.6 is 0 Å². The monoisotopic (exact) mass is 422 g/mol. The number of benzene rings is 1. The van der Waals surface area contributed by atoms with Gasteiger partial charge in [0, 0.05) is 43.3 Å². The molecule has 1 saturated heterocycles. The first-order valence-corrected chi connectivity index (χ1v) is 10.2. The lowest BCUT2D eigenvalue weighted by atomic mass is 10.1. The highest BCUT2D eigenvalue weighted by Gasteiger charge is 2.18. The van der Waals surface area contributed by atoms with Gasteiger partial charge in [-0.2, -0.15) is 5.10 Å². The number of carbonyl (C=O) groups is 2. The van der Waals surface area contributed by atoms with Crippen LogP contribution in [0.15, 0.2) is 55.0 Å². The molecule has 9 heteroatoms. The second-order valence-electron chi connectivity index (χ2n) is 7.38. The van der Waals surface area contributed by atoms with Crippen LogP contribution in [0.1, 0.15) is 35.2 Å². The number of pyridine rings is 1. The average Bonchev–Trinajstić information content (AvgIpc) is 3.23. The van der Waals surface area contributed by atoms with E-state index >= 15 is 0 Å². The summed E-state index contributed by atoms with van der Waals surface area (Å²) in [6, 6.07) is 9.09. The highest BCUT2D eigenvalue weighted by Crippen LogP contribution is 2.19. The highest BCUT2D eigenvalue weighted by molar-refractivity contribution is 6.04. The summed E-state index contributed by atoms with van der Waals surface area (Å²) < 4.78 is 16.2.